The van der Waals surface area contributed by atoms with E-state index in [-0.39, 0.29) is 12.1 Å². The van der Waals surface area contributed by atoms with Crippen LogP contribution in [0.2, 0.25) is 0 Å². The maximum Gasteiger partial charge on any atom is 0.332 e. The quantitative estimate of drug-likeness (QED) is 0.638. The number of rotatable bonds is 6. The summed E-state index contributed by atoms with van der Waals surface area (Å²) >= 11 is 0. The smallest absolute Gasteiger partial charge is 0.332 e. The Morgan fingerprint density at radius 1 is 1.48 bits per heavy atom. The van der Waals surface area contributed by atoms with Crippen LogP contribution in [0.1, 0.15) is 18.7 Å². The molecule has 0 saturated carbocycles. The van der Waals surface area contributed by atoms with Gasteiger partial charge in [0.15, 0.2) is 11.9 Å². The molecule has 1 aliphatic rings. The molecule has 21 heavy (non-hydrogen) atoms. The fourth-order valence-corrected chi connectivity index (χ4v) is 2.09. The van der Waals surface area contributed by atoms with Crippen molar-refractivity contribution in [3.05, 3.63) is 12.2 Å². The van der Waals surface area contributed by atoms with Crippen molar-refractivity contribution in [3.8, 4) is 0 Å². The number of carboxylic acids is 1. The van der Waals surface area contributed by atoms with Crippen molar-refractivity contribution >= 4 is 12.0 Å². The standard InChI is InChI=1S/C12H19N5O4/c1-17-7-15-10(16-17)4-5-13-12(20)14-6-8-2-3-9(21-8)11(18)19/h7-9H,2-6H2,1H3,(H,18,19)(H2,13,14,20). The van der Waals surface area contributed by atoms with Crippen LogP contribution in [0.3, 0.4) is 0 Å². The lowest BCUT2D eigenvalue weighted by atomic mass is 10.2. The van der Waals surface area contributed by atoms with Gasteiger partial charge in [0, 0.05) is 26.6 Å². The molecule has 1 saturated heterocycles. The van der Waals surface area contributed by atoms with Gasteiger partial charge >= 0.3 is 12.0 Å². The van der Waals surface area contributed by atoms with E-state index in [1.807, 2.05) is 0 Å². The Hall–Kier alpha value is -2.16. The van der Waals surface area contributed by atoms with Crippen molar-refractivity contribution in [2.45, 2.75) is 31.5 Å². The molecule has 2 rings (SSSR count). The van der Waals surface area contributed by atoms with Gasteiger partial charge in [-0.2, -0.15) is 5.10 Å². The Kier molecular flexibility index (Phi) is 5.09. The predicted octanol–water partition coefficient (Wildman–Crippen LogP) is -0.711. The SMILES string of the molecule is Cn1cnc(CCNC(=O)NCC2CCC(C(=O)O)O2)n1. The normalized spacial score (nSPS) is 21.2. The largest absolute Gasteiger partial charge is 0.479 e. The van der Waals surface area contributed by atoms with E-state index in [0.717, 1.165) is 0 Å². The molecule has 2 unspecified atom stereocenters. The molecule has 116 valence electrons. The van der Waals surface area contributed by atoms with Gasteiger partial charge in [0.25, 0.3) is 0 Å². The number of hydrogen-bond acceptors (Lipinski definition) is 5. The van der Waals surface area contributed by atoms with Crippen molar-refractivity contribution in [1.82, 2.24) is 25.4 Å². The van der Waals surface area contributed by atoms with Gasteiger partial charge in [-0.3, -0.25) is 4.68 Å². The number of urea groups is 1. The van der Waals surface area contributed by atoms with Crippen molar-refractivity contribution in [2.24, 2.45) is 7.05 Å². The summed E-state index contributed by atoms with van der Waals surface area (Å²) in [6.07, 6.45) is 2.27. The molecule has 2 atom stereocenters. The van der Waals surface area contributed by atoms with Crippen LogP contribution < -0.4 is 10.6 Å². The van der Waals surface area contributed by atoms with Gasteiger partial charge in [0.05, 0.1) is 6.10 Å². The van der Waals surface area contributed by atoms with Gasteiger partial charge in [0.2, 0.25) is 0 Å². The maximum absolute atomic E-state index is 11.6. The minimum atomic E-state index is -0.954. The second-order valence-electron chi connectivity index (χ2n) is 4.88. The number of carboxylic acid groups (broad SMARTS) is 1. The third-order valence-corrected chi connectivity index (χ3v) is 3.15. The van der Waals surface area contributed by atoms with Crippen molar-refractivity contribution < 1.29 is 19.4 Å². The van der Waals surface area contributed by atoms with Crippen LogP contribution in [0.15, 0.2) is 6.33 Å². The Balaban J connectivity index is 1.59. The zero-order valence-corrected chi connectivity index (χ0v) is 11.8. The summed E-state index contributed by atoms with van der Waals surface area (Å²) in [5.74, 6) is -0.286. The molecule has 1 fully saturated rings. The second-order valence-corrected chi connectivity index (χ2v) is 4.88. The number of aromatic nitrogens is 3. The van der Waals surface area contributed by atoms with Gasteiger partial charge < -0.3 is 20.5 Å². The first-order chi connectivity index (χ1) is 10.0. The van der Waals surface area contributed by atoms with Gasteiger partial charge in [-0.05, 0) is 12.8 Å². The number of ether oxygens (including phenoxy) is 1. The third-order valence-electron chi connectivity index (χ3n) is 3.15. The number of amides is 2. The van der Waals surface area contributed by atoms with Gasteiger partial charge in [-0.1, -0.05) is 0 Å². The van der Waals surface area contributed by atoms with Gasteiger partial charge in [-0.15, -0.1) is 0 Å². The zero-order chi connectivity index (χ0) is 15.2. The lowest BCUT2D eigenvalue weighted by molar-refractivity contribution is -0.149. The average Bonchev–Trinajstić information content (AvgIpc) is 3.05. The topological polar surface area (TPSA) is 118 Å². The zero-order valence-electron chi connectivity index (χ0n) is 11.8. The Bertz CT molecular complexity index is 504. The first-order valence-corrected chi connectivity index (χ1v) is 6.79. The molecule has 9 nitrogen and oxygen atoms in total. The highest BCUT2D eigenvalue weighted by molar-refractivity contribution is 5.74. The molecule has 1 aromatic heterocycles. The van der Waals surface area contributed by atoms with Crippen LogP contribution >= 0.6 is 0 Å². The monoisotopic (exact) mass is 297 g/mol. The van der Waals surface area contributed by atoms with Crippen LogP contribution in [-0.2, 0) is 23.0 Å². The summed E-state index contributed by atoms with van der Waals surface area (Å²) < 4.78 is 6.89. The van der Waals surface area contributed by atoms with Crippen molar-refractivity contribution in [3.63, 3.8) is 0 Å². The van der Waals surface area contributed by atoms with Crippen LogP contribution in [0, 0.1) is 0 Å². The second kappa shape index (κ2) is 7.02. The lowest BCUT2D eigenvalue weighted by Crippen LogP contribution is -2.40. The van der Waals surface area contributed by atoms with E-state index in [2.05, 4.69) is 20.7 Å². The first kappa shape index (κ1) is 15.2. The van der Waals surface area contributed by atoms with E-state index in [9.17, 15) is 9.59 Å². The number of aryl methyl sites for hydroxylation is 1. The number of nitrogens with one attached hydrogen (secondary N) is 2. The van der Waals surface area contributed by atoms with Gasteiger partial charge in [-0.25, -0.2) is 14.6 Å². The van der Waals surface area contributed by atoms with Crippen LogP contribution in [0.5, 0.6) is 0 Å². The Morgan fingerprint density at radius 3 is 2.90 bits per heavy atom. The minimum absolute atomic E-state index is 0.241. The number of carbonyl (C=O) groups is 2. The number of carbonyl (C=O) groups excluding carboxylic acids is 1. The third kappa shape index (κ3) is 4.71. The molecule has 0 spiro atoms. The summed E-state index contributed by atoms with van der Waals surface area (Å²) in [5, 5.41) is 18.2. The maximum atomic E-state index is 11.6. The van der Waals surface area contributed by atoms with Gasteiger partial charge in [0.1, 0.15) is 6.33 Å². The predicted molar refractivity (Wildman–Crippen MR) is 71.6 cm³/mol. The molecule has 3 N–H and O–H groups in total. The molecule has 2 heterocycles. The molecular formula is C12H19N5O4. The average molecular weight is 297 g/mol. The number of hydrogen-bond donors (Lipinski definition) is 3. The highest BCUT2D eigenvalue weighted by atomic mass is 16.5. The molecule has 0 radical (unpaired) electrons. The molecular weight excluding hydrogens is 278 g/mol. The fourth-order valence-electron chi connectivity index (χ4n) is 2.09. The number of aliphatic carboxylic acids is 1. The number of nitrogens with zero attached hydrogens (tertiary/aromatic N) is 3. The summed E-state index contributed by atoms with van der Waals surface area (Å²) in [7, 11) is 1.78. The van der Waals surface area contributed by atoms with Crippen LogP contribution in [0.25, 0.3) is 0 Å². The van der Waals surface area contributed by atoms with Crippen LogP contribution in [-0.4, -0.2) is 57.2 Å². The first-order valence-electron chi connectivity index (χ1n) is 6.79. The van der Waals surface area contributed by atoms with E-state index >= 15 is 0 Å². The minimum Gasteiger partial charge on any atom is -0.479 e. The molecule has 1 aromatic rings. The summed E-state index contributed by atoms with van der Waals surface area (Å²) in [6.45, 7) is 0.733. The van der Waals surface area contributed by atoms with Crippen LogP contribution in [0.4, 0.5) is 4.79 Å². The molecule has 0 bridgehead atoms. The Labute approximate surface area is 121 Å². The van der Waals surface area contributed by atoms with E-state index in [0.29, 0.717) is 38.2 Å². The van der Waals surface area contributed by atoms with E-state index < -0.39 is 12.1 Å². The van der Waals surface area contributed by atoms with E-state index in [4.69, 9.17) is 9.84 Å². The van der Waals surface area contributed by atoms with E-state index in [1.165, 1.54) is 0 Å². The summed E-state index contributed by atoms with van der Waals surface area (Å²) in [5.41, 5.74) is 0. The molecule has 2 amide bonds. The lowest BCUT2D eigenvalue weighted by Gasteiger charge is -2.12. The Morgan fingerprint density at radius 2 is 2.29 bits per heavy atom. The highest BCUT2D eigenvalue weighted by Gasteiger charge is 2.30. The summed E-state index contributed by atoms with van der Waals surface area (Å²) in [6, 6.07) is -0.312. The molecule has 9 heteroatoms. The molecule has 1 aliphatic heterocycles. The molecule has 0 aliphatic carbocycles. The summed E-state index contributed by atoms with van der Waals surface area (Å²) in [4.78, 5) is 26.3. The fraction of sp³-hybridized carbons (Fsp3) is 0.667. The molecule has 0 aromatic carbocycles. The van der Waals surface area contributed by atoms with E-state index in [1.54, 1.807) is 18.1 Å². The van der Waals surface area contributed by atoms with Crippen molar-refractivity contribution in [1.29, 1.82) is 0 Å². The highest BCUT2D eigenvalue weighted by Crippen LogP contribution is 2.18. The van der Waals surface area contributed by atoms with Crippen molar-refractivity contribution in [2.75, 3.05) is 13.1 Å².